The number of allylic oxidation sites excluding steroid dienone is 4. The molecule has 2 heterocycles. The average molecular weight is 309 g/mol. The van der Waals surface area contributed by atoms with E-state index < -0.39 is 0 Å². The summed E-state index contributed by atoms with van der Waals surface area (Å²) in [6.45, 7) is 2.83. The molecule has 0 amide bonds. The van der Waals surface area contributed by atoms with E-state index in [4.69, 9.17) is 9.15 Å². The number of morpholine rings is 1. The van der Waals surface area contributed by atoms with Gasteiger partial charge in [0.15, 0.2) is 11.3 Å². The van der Waals surface area contributed by atoms with Gasteiger partial charge in [-0.15, -0.1) is 0 Å². The topological polar surface area (TPSA) is 42.7 Å². The standard InChI is InChI=1S/C19H19NO3/c21-17-13-18(20-9-11-22-12-10-20)23-19-15(7-4-8-16(17)19)14-5-2-1-3-6-14/h2,4-8,13H,1,3,9-12H2. The number of para-hydroxylation sites is 1. The molecule has 0 saturated carbocycles. The van der Waals surface area contributed by atoms with Gasteiger partial charge < -0.3 is 14.1 Å². The van der Waals surface area contributed by atoms with Crippen LogP contribution in [0.4, 0.5) is 5.88 Å². The van der Waals surface area contributed by atoms with E-state index in [-0.39, 0.29) is 5.43 Å². The molecule has 1 aliphatic carbocycles. The minimum Gasteiger partial charge on any atom is -0.440 e. The zero-order chi connectivity index (χ0) is 15.6. The van der Waals surface area contributed by atoms with Crippen molar-refractivity contribution in [2.45, 2.75) is 12.8 Å². The average Bonchev–Trinajstić information content (AvgIpc) is 2.63. The smallest absolute Gasteiger partial charge is 0.200 e. The van der Waals surface area contributed by atoms with Gasteiger partial charge in [-0.25, -0.2) is 0 Å². The molecular weight excluding hydrogens is 290 g/mol. The molecule has 0 atom stereocenters. The van der Waals surface area contributed by atoms with Crippen molar-refractivity contribution in [3.8, 4) is 0 Å². The van der Waals surface area contributed by atoms with Crippen molar-refractivity contribution in [1.82, 2.24) is 0 Å². The lowest BCUT2D eigenvalue weighted by Crippen LogP contribution is -2.36. The molecule has 4 rings (SSSR count). The maximum absolute atomic E-state index is 12.5. The summed E-state index contributed by atoms with van der Waals surface area (Å²) in [4.78, 5) is 14.6. The third-order valence-corrected chi connectivity index (χ3v) is 4.37. The van der Waals surface area contributed by atoms with Crippen LogP contribution in [0.3, 0.4) is 0 Å². The zero-order valence-electron chi connectivity index (χ0n) is 13.0. The van der Waals surface area contributed by atoms with Gasteiger partial charge in [0.2, 0.25) is 0 Å². The highest BCUT2D eigenvalue weighted by molar-refractivity contribution is 5.92. The SMILES string of the molecule is O=c1cc(N2CCOCC2)oc2c(C3=CCCC=C3)cccc12. The van der Waals surface area contributed by atoms with Crippen molar-refractivity contribution in [2.75, 3.05) is 31.2 Å². The second-order valence-electron chi connectivity index (χ2n) is 5.87. The summed E-state index contributed by atoms with van der Waals surface area (Å²) in [5.41, 5.74) is 2.81. The Balaban J connectivity index is 1.87. The van der Waals surface area contributed by atoms with E-state index in [2.05, 4.69) is 23.1 Å². The molecule has 0 radical (unpaired) electrons. The lowest BCUT2D eigenvalue weighted by molar-refractivity contribution is 0.121. The Morgan fingerprint density at radius 2 is 1.96 bits per heavy atom. The summed E-state index contributed by atoms with van der Waals surface area (Å²) in [6, 6.07) is 7.38. The molecule has 1 aromatic carbocycles. The predicted octanol–water partition coefficient (Wildman–Crippen LogP) is 3.36. The first-order chi connectivity index (χ1) is 11.3. The van der Waals surface area contributed by atoms with Crippen molar-refractivity contribution in [2.24, 2.45) is 0 Å². The van der Waals surface area contributed by atoms with Crippen LogP contribution in [0, 0.1) is 0 Å². The van der Waals surface area contributed by atoms with E-state index in [1.807, 2.05) is 18.2 Å². The summed E-state index contributed by atoms with van der Waals surface area (Å²) >= 11 is 0. The molecule has 0 N–H and O–H groups in total. The Hall–Kier alpha value is -2.33. The fourth-order valence-corrected chi connectivity index (χ4v) is 3.14. The van der Waals surface area contributed by atoms with Crippen LogP contribution in [-0.2, 0) is 4.74 Å². The molecule has 1 aliphatic heterocycles. The van der Waals surface area contributed by atoms with Crippen LogP contribution in [0.15, 0.2) is 51.7 Å². The van der Waals surface area contributed by atoms with Gasteiger partial charge in [0.25, 0.3) is 0 Å². The normalized spacial score (nSPS) is 18.3. The van der Waals surface area contributed by atoms with Crippen LogP contribution < -0.4 is 10.3 Å². The first-order valence-corrected chi connectivity index (χ1v) is 8.09. The molecule has 118 valence electrons. The van der Waals surface area contributed by atoms with E-state index >= 15 is 0 Å². The summed E-state index contributed by atoms with van der Waals surface area (Å²) in [5.74, 6) is 0.638. The minimum atomic E-state index is 0.00924. The molecule has 2 aliphatic rings. The number of benzene rings is 1. The number of hydrogen-bond donors (Lipinski definition) is 0. The van der Waals surface area contributed by atoms with Gasteiger partial charge in [0, 0.05) is 24.7 Å². The predicted molar refractivity (Wildman–Crippen MR) is 91.9 cm³/mol. The lowest BCUT2D eigenvalue weighted by Gasteiger charge is -2.27. The molecule has 1 fully saturated rings. The quantitative estimate of drug-likeness (QED) is 0.853. The van der Waals surface area contributed by atoms with Gasteiger partial charge in [0.05, 0.1) is 18.6 Å². The van der Waals surface area contributed by atoms with E-state index in [0.29, 0.717) is 30.1 Å². The summed E-state index contributed by atoms with van der Waals surface area (Å²) in [7, 11) is 0. The second kappa shape index (κ2) is 6.05. The van der Waals surface area contributed by atoms with Crippen molar-refractivity contribution < 1.29 is 9.15 Å². The number of anilines is 1. The lowest BCUT2D eigenvalue weighted by atomic mass is 9.98. The highest BCUT2D eigenvalue weighted by atomic mass is 16.5. The molecule has 2 aromatic rings. The fraction of sp³-hybridized carbons (Fsp3) is 0.316. The zero-order valence-corrected chi connectivity index (χ0v) is 13.0. The van der Waals surface area contributed by atoms with Gasteiger partial charge in [-0.3, -0.25) is 4.79 Å². The van der Waals surface area contributed by atoms with Gasteiger partial charge in [-0.1, -0.05) is 30.4 Å². The Labute approximate surface area is 134 Å². The molecule has 0 unspecified atom stereocenters. The van der Waals surface area contributed by atoms with E-state index in [1.165, 1.54) is 0 Å². The molecule has 1 saturated heterocycles. The largest absolute Gasteiger partial charge is 0.440 e. The van der Waals surface area contributed by atoms with Crippen LogP contribution in [0.2, 0.25) is 0 Å². The minimum absolute atomic E-state index is 0.00924. The third-order valence-electron chi connectivity index (χ3n) is 4.37. The summed E-state index contributed by atoms with van der Waals surface area (Å²) in [5, 5.41) is 0.638. The Kier molecular flexibility index (Phi) is 3.75. The number of ether oxygens (including phenoxy) is 1. The Bertz CT molecular complexity index is 841. The maximum Gasteiger partial charge on any atom is 0.200 e. The van der Waals surface area contributed by atoms with Gasteiger partial charge in [-0.05, 0) is 24.5 Å². The van der Waals surface area contributed by atoms with Gasteiger partial charge in [-0.2, -0.15) is 0 Å². The Morgan fingerprint density at radius 3 is 2.74 bits per heavy atom. The van der Waals surface area contributed by atoms with Crippen molar-refractivity contribution in [3.05, 3.63) is 58.3 Å². The van der Waals surface area contributed by atoms with E-state index in [1.54, 1.807) is 6.07 Å². The van der Waals surface area contributed by atoms with Crippen LogP contribution >= 0.6 is 0 Å². The van der Waals surface area contributed by atoms with Gasteiger partial charge >= 0.3 is 0 Å². The maximum atomic E-state index is 12.5. The van der Waals surface area contributed by atoms with Crippen LogP contribution in [0.5, 0.6) is 0 Å². The molecule has 23 heavy (non-hydrogen) atoms. The summed E-state index contributed by atoms with van der Waals surface area (Å²) in [6.07, 6.45) is 8.57. The van der Waals surface area contributed by atoms with Crippen LogP contribution in [-0.4, -0.2) is 26.3 Å². The number of hydrogen-bond acceptors (Lipinski definition) is 4. The Morgan fingerprint density at radius 1 is 1.09 bits per heavy atom. The molecule has 4 heteroatoms. The van der Waals surface area contributed by atoms with E-state index in [9.17, 15) is 4.79 Å². The first kappa shape index (κ1) is 14.3. The van der Waals surface area contributed by atoms with E-state index in [0.717, 1.165) is 37.1 Å². The number of fused-ring (bicyclic) bond motifs is 1. The first-order valence-electron chi connectivity index (χ1n) is 8.09. The fourth-order valence-electron chi connectivity index (χ4n) is 3.14. The van der Waals surface area contributed by atoms with Crippen molar-refractivity contribution >= 4 is 22.4 Å². The van der Waals surface area contributed by atoms with Crippen molar-refractivity contribution in [1.29, 1.82) is 0 Å². The van der Waals surface area contributed by atoms with Crippen LogP contribution in [0.25, 0.3) is 16.5 Å². The molecule has 1 aromatic heterocycles. The number of rotatable bonds is 2. The molecule has 0 bridgehead atoms. The second-order valence-corrected chi connectivity index (χ2v) is 5.87. The van der Waals surface area contributed by atoms with Crippen molar-refractivity contribution in [3.63, 3.8) is 0 Å². The molecule has 4 nitrogen and oxygen atoms in total. The summed E-state index contributed by atoms with van der Waals surface area (Å²) < 4.78 is 11.5. The molecular formula is C19H19NO3. The highest BCUT2D eigenvalue weighted by Crippen LogP contribution is 2.29. The monoisotopic (exact) mass is 309 g/mol. The molecule has 0 spiro atoms. The highest BCUT2D eigenvalue weighted by Gasteiger charge is 2.17. The number of nitrogens with zero attached hydrogens (tertiary/aromatic N) is 1. The van der Waals surface area contributed by atoms with Crippen LogP contribution in [0.1, 0.15) is 18.4 Å². The van der Waals surface area contributed by atoms with Gasteiger partial charge in [0.1, 0.15) is 5.58 Å². The third kappa shape index (κ3) is 2.70.